The Labute approximate surface area is 127 Å². The van der Waals surface area contributed by atoms with Crippen molar-refractivity contribution in [3.8, 4) is 0 Å². The van der Waals surface area contributed by atoms with Gasteiger partial charge in [0.2, 0.25) is 5.95 Å². The molecular formula is C15H27N5O. The maximum absolute atomic E-state index is 5.35. The highest BCUT2D eigenvalue weighted by atomic mass is 16.5. The molecule has 1 saturated heterocycles. The molecule has 1 aliphatic heterocycles. The Morgan fingerprint density at radius 3 is 2.81 bits per heavy atom. The van der Waals surface area contributed by atoms with E-state index in [1.165, 1.54) is 0 Å². The molecule has 0 aromatic carbocycles. The summed E-state index contributed by atoms with van der Waals surface area (Å²) in [5.41, 5.74) is 0.977. The molecule has 1 fully saturated rings. The molecular weight excluding hydrogens is 266 g/mol. The first-order chi connectivity index (χ1) is 10.2. The van der Waals surface area contributed by atoms with E-state index in [1.807, 2.05) is 13.0 Å². The van der Waals surface area contributed by atoms with E-state index in [2.05, 4.69) is 39.3 Å². The van der Waals surface area contributed by atoms with Gasteiger partial charge in [0.25, 0.3) is 0 Å². The van der Waals surface area contributed by atoms with E-state index >= 15 is 0 Å². The Hall–Kier alpha value is -1.40. The van der Waals surface area contributed by atoms with Crippen LogP contribution in [-0.4, -0.2) is 60.3 Å². The number of rotatable bonds is 7. The fourth-order valence-corrected chi connectivity index (χ4v) is 2.21. The van der Waals surface area contributed by atoms with E-state index in [-0.39, 0.29) is 0 Å². The molecule has 1 aliphatic rings. The van der Waals surface area contributed by atoms with Crippen LogP contribution < -0.4 is 10.6 Å². The zero-order valence-corrected chi connectivity index (χ0v) is 13.4. The van der Waals surface area contributed by atoms with Crippen LogP contribution >= 0.6 is 0 Å². The number of nitrogens with zero attached hydrogens (tertiary/aromatic N) is 3. The summed E-state index contributed by atoms with van der Waals surface area (Å²) in [6, 6.07) is 2.37. The van der Waals surface area contributed by atoms with Gasteiger partial charge in [-0.3, -0.25) is 4.90 Å². The van der Waals surface area contributed by atoms with Crippen LogP contribution in [0.5, 0.6) is 0 Å². The third kappa shape index (κ3) is 5.47. The van der Waals surface area contributed by atoms with Crippen molar-refractivity contribution in [2.24, 2.45) is 0 Å². The third-order valence-electron chi connectivity index (χ3n) is 3.68. The van der Waals surface area contributed by atoms with E-state index in [9.17, 15) is 0 Å². The van der Waals surface area contributed by atoms with Gasteiger partial charge in [0, 0.05) is 44.0 Å². The molecule has 1 atom stereocenters. The second-order valence-electron chi connectivity index (χ2n) is 5.55. The van der Waals surface area contributed by atoms with Crippen LogP contribution in [0.4, 0.5) is 11.8 Å². The van der Waals surface area contributed by atoms with Gasteiger partial charge in [-0.1, -0.05) is 6.92 Å². The molecule has 1 aromatic rings. The van der Waals surface area contributed by atoms with Gasteiger partial charge in [0.15, 0.2) is 0 Å². The molecule has 0 spiro atoms. The van der Waals surface area contributed by atoms with Gasteiger partial charge >= 0.3 is 0 Å². The lowest BCUT2D eigenvalue weighted by Crippen LogP contribution is -2.39. The van der Waals surface area contributed by atoms with E-state index in [0.717, 1.165) is 57.3 Å². The zero-order chi connectivity index (χ0) is 15.1. The van der Waals surface area contributed by atoms with E-state index < -0.39 is 0 Å². The number of nitrogens with one attached hydrogen (secondary N) is 2. The first kappa shape index (κ1) is 16.0. The Balaban J connectivity index is 1.84. The molecule has 2 heterocycles. The minimum absolute atomic E-state index is 0.382. The van der Waals surface area contributed by atoms with Crippen LogP contribution in [0.15, 0.2) is 6.07 Å². The van der Waals surface area contributed by atoms with E-state index in [0.29, 0.717) is 12.0 Å². The number of aromatic nitrogens is 2. The summed E-state index contributed by atoms with van der Waals surface area (Å²) in [6.07, 6.45) is 1.05. The summed E-state index contributed by atoms with van der Waals surface area (Å²) >= 11 is 0. The average molecular weight is 293 g/mol. The molecule has 118 valence electrons. The highest BCUT2D eigenvalue weighted by Gasteiger charge is 2.10. The van der Waals surface area contributed by atoms with Crippen molar-refractivity contribution in [3.05, 3.63) is 11.8 Å². The largest absolute Gasteiger partial charge is 0.379 e. The Kier molecular flexibility index (Phi) is 6.20. The first-order valence-electron chi connectivity index (χ1n) is 7.83. The summed E-state index contributed by atoms with van der Waals surface area (Å²) in [6.45, 7) is 11.9. The number of anilines is 2. The summed E-state index contributed by atoms with van der Waals surface area (Å²) in [5, 5.41) is 6.71. The highest BCUT2D eigenvalue weighted by molar-refractivity contribution is 5.42. The molecule has 6 nitrogen and oxygen atoms in total. The molecule has 1 unspecified atom stereocenters. The molecule has 0 saturated carbocycles. The van der Waals surface area contributed by atoms with E-state index in [4.69, 9.17) is 4.74 Å². The van der Waals surface area contributed by atoms with Gasteiger partial charge < -0.3 is 15.4 Å². The Bertz CT molecular complexity index is 434. The minimum atomic E-state index is 0.382. The van der Waals surface area contributed by atoms with Gasteiger partial charge in [-0.05, 0) is 20.3 Å². The zero-order valence-electron chi connectivity index (χ0n) is 13.4. The van der Waals surface area contributed by atoms with Crippen molar-refractivity contribution in [1.82, 2.24) is 14.9 Å². The molecule has 0 bridgehead atoms. The lowest BCUT2D eigenvalue weighted by Gasteiger charge is -2.26. The van der Waals surface area contributed by atoms with Crippen LogP contribution in [0, 0.1) is 6.92 Å². The van der Waals surface area contributed by atoms with E-state index in [1.54, 1.807) is 0 Å². The van der Waals surface area contributed by atoms with Crippen molar-refractivity contribution < 1.29 is 4.74 Å². The van der Waals surface area contributed by atoms with Crippen LogP contribution in [0.1, 0.15) is 26.0 Å². The second kappa shape index (κ2) is 8.14. The molecule has 1 aromatic heterocycles. The Morgan fingerprint density at radius 2 is 2.10 bits per heavy atom. The predicted molar refractivity (Wildman–Crippen MR) is 85.9 cm³/mol. The number of morpholine rings is 1. The van der Waals surface area contributed by atoms with Crippen molar-refractivity contribution in [3.63, 3.8) is 0 Å². The third-order valence-corrected chi connectivity index (χ3v) is 3.68. The average Bonchev–Trinajstić information content (AvgIpc) is 2.47. The SMILES string of the molecule is CCC(C)Nc1nc(C)cc(NCCN2CCOCC2)n1. The maximum Gasteiger partial charge on any atom is 0.225 e. The first-order valence-corrected chi connectivity index (χ1v) is 7.83. The van der Waals surface area contributed by atoms with Crippen LogP contribution in [-0.2, 0) is 4.74 Å². The smallest absolute Gasteiger partial charge is 0.225 e. The molecule has 6 heteroatoms. The number of hydrogen-bond donors (Lipinski definition) is 2. The molecule has 2 rings (SSSR count). The number of ether oxygens (including phenoxy) is 1. The summed E-state index contributed by atoms with van der Waals surface area (Å²) in [7, 11) is 0. The van der Waals surface area contributed by atoms with Crippen molar-refractivity contribution in [1.29, 1.82) is 0 Å². The lowest BCUT2D eigenvalue weighted by molar-refractivity contribution is 0.0398. The summed E-state index contributed by atoms with van der Waals surface area (Å²) in [4.78, 5) is 11.4. The quantitative estimate of drug-likeness (QED) is 0.798. The monoisotopic (exact) mass is 293 g/mol. The van der Waals surface area contributed by atoms with Gasteiger partial charge in [-0.15, -0.1) is 0 Å². The lowest BCUT2D eigenvalue weighted by atomic mass is 10.3. The van der Waals surface area contributed by atoms with Crippen molar-refractivity contribution in [2.75, 3.05) is 50.0 Å². The van der Waals surface area contributed by atoms with Gasteiger partial charge in [-0.25, -0.2) is 4.98 Å². The summed E-state index contributed by atoms with van der Waals surface area (Å²) < 4.78 is 5.35. The molecule has 2 N–H and O–H groups in total. The topological polar surface area (TPSA) is 62.3 Å². The summed E-state index contributed by atoms with van der Waals surface area (Å²) in [5.74, 6) is 1.60. The highest BCUT2D eigenvalue weighted by Crippen LogP contribution is 2.11. The van der Waals surface area contributed by atoms with Crippen LogP contribution in [0.3, 0.4) is 0 Å². The fraction of sp³-hybridized carbons (Fsp3) is 0.733. The van der Waals surface area contributed by atoms with Gasteiger partial charge in [0.1, 0.15) is 5.82 Å². The minimum Gasteiger partial charge on any atom is -0.379 e. The standard InChI is InChI=1S/C15H27N5O/c1-4-12(2)17-15-18-13(3)11-14(19-15)16-5-6-20-7-9-21-10-8-20/h11-12H,4-10H2,1-3H3,(H2,16,17,18,19). The second-order valence-corrected chi connectivity index (χ2v) is 5.55. The van der Waals surface area contributed by atoms with Gasteiger partial charge in [0.05, 0.1) is 13.2 Å². The molecule has 0 radical (unpaired) electrons. The van der Waals surface area contributed by atoms with Crippen LogP contribution in [0.2, 0.25) is 0 Å². The van der Waals surface area contributed by atoms with Crippen molar-refractivity contribution >= 4 is 11.8 Å². The predicted octanol–water partition coefficient (Wildman–Crippen LogP) is 1.74. The van der Waals surface area contributed by atoms with Gasteiger partial charge in [-0.2, -0.15) is 4.98 Å². The fourth-order valence-electron chi connectivity index (χ4n) is 2.21. The Morgan fingerprint density at radius 1 is 1.33 bits per heavy atom. The molecule has 0 amide bonds. The maximum atomic E-state index is 5.35. The van der Waals surface area contributed by atoms with Crippen LogP contribution in [0.25, 0.3) is 0 Å². The molecule has 21 heavy (non-hydrogen) atoms. The molecule has 0 aliphatic carbocycles. The normalized spacial score (nSPS) is 17.5. The van der Waals surface area contributed by atoms with Crippen molar-refractivity contribution in [2.45, 2.75) is 33.2 Å². The number of aryl methyl sites for hydroxylation is 1. The number of hydrogen-bond acceptors (Lipinski definition) is 6.